The molecule has 1 unspecified atom stereocenters. The second-order valence-corrected chi connectivity index (χ2v) is 5.53. The van der Waals surface area contributed by atoms with Gasteiger partial charge in [-0.25, -0.2) is 0 Å². The fourth-order valence-electron chi connectivity index (χ4n) is 2.42. The Morgan fingerprint density at radius 3 is 2.45 bits per heavy atom. The molecule has 1 aromatic carbocycles. The van der Waals surface area contributed by atoms with Crippen LogP contribution in [0.25, 0.3) is 0 Å². The summed E-state index contributed by atoms with van der Waals surface area (Å²) in [6.45, 7) is 6.91. The molecule has 2 rings (SSSR count). The van der Waals surface area contributed by atoms with Gasteiger partial charge in [-0.3, -0.25) is 4.68 Å². The zero-order valence-electron chi connectivity index (χ0n) is 12.2. The Morgan fingerprint density at radius 1 is 1.25 bits per heavy atom. The summed E-state index contributed by atoms with van der Waals surface area (Å²) < 4.78 is 1.93. The maximum absolute atomic E-state index is 9.70. The number of aliphatic hydroxyl groups excluding tert-OH is 1. The number of rotatable bonds is 5. The third-order valence-corrected chi connectivity index (χ3v) is 4.15. The van der Waals surface area contributed by atoms with E-state index in [0.717, 1.165) is 28.5 Å². The molecule has 0 saturated carbocycles. The number of hydrogen-bond acceptors (Lipinski definition) is 2. The van der Waals surface area contributed by atoms with E-state index in [1.165, 1.54) is 5.56 Å². The highest BCUT2D eigenvalue weighted by atomic mass is 35.5. The van der Waals surface area contributed by atoms with Crippen molar-refractivity contribution in [2.75, 3.05) is 6.61 Å². The van der Waals surface area contributed by atoms with E-state index in [2.05, 4.69) is 36.3 Å². The minimum atomic E-state index is 0.0505. The first-order valence-corrected chi connectivity index (χ1v) is 7.33. The average molecular weight is 293 g/mol. The number of aryl methyl sites for hydroxylation is 3. The molecular weight excluding hydrogens is 272 g/mol. The lowest BCUT2D eigenvalue weighted by molar-refractivity contribution is 0.262. The van der Waals surface area contributed by atoms with E-state index in [1.54, 1.807) is 0 Å². The van der Waals surface area contributed by atoms with Crippen LogP contribution < -0.4 is 0 Å². The van der Waals surface area contributed by atoms with Crippen molar-refractivity contribution in [1.29, 1.82) is 0 Å². The van der Waals surface area contributed by atoms with Gasteiger partial charge >= 0.3 is 0 Å². The summed E-state index contributed by atoms with van der Waals surface area (Å²) in [6.07, 6.45) is 0.701. The van der Waals surface area contributed by atoms with Crippen LogP contribution in [0.3, 0.4) is 0 Å². The molecule has 0 saturated heterocycles. The molecule has 0 fully saturated rings. The quantitative estimate of drug-likeness (QED) is 0.916. The molecule has 20 heavy (non-hydrogen) atoms. The minimum absolute atomic E-state index is 0.0505. The molecule has 0 bridgehead atoms. The van der Waals surface area contributed by atoms with Crippen molar-refractivity contribution in [2.45, 2.75) is 39.7 Å². The summed E-state index contributed by atoms with van der Waals surface area (Å²) in [5, 5.41) is 14.8. The lowest BCUT2D eigenvalue weighted by Gasteiger charge is -2.16. The van der Waals surface area contributed by atoms with Crippen molar-refractivity contribution in [1.82, 2.24) is 9.78 Å². The SMILES string of the molecule is CCn1nc(C)c(Cl)c1CC(CO)c1ccc(C)cc1. The molecule has 108 valence electrons. The van der Waals surface area contributed by atoms with Gasteiger partial charge in [0.25, 0.3) is 0 Å². The van der Waals surface area contributed by atoms with Crippen LogP contribution in [0.5, 0.6) is 0 Å². The zero-order valence-corrected chi connectivity index (χ0v) is 13.0. The van der Waals surface area contributed by atoms with Crippen LogP contribution in [0.4, 0.5) is 0 Å². The van der Waals surface area contributed by atoms with E-state index < -0.39 is 0 Å². The average Bonchev–Trinajstić information content (AvgIpc) is 2.73. The number of hydrogen-bond donors (Lipinski definition) is 1. The Hall–Kier alpha value is -1.32. The van der Waals surface area contributed by atoms with Gasteiger partial charge in [0.2, 0.25) is 0 Å². The minimum Gasteiger partial charge on any atom is -0.396 e. The molecule has 0 spiro atoms. The number of benzene rings is 1. The molecular formula is C16H21ClN2O. The molecule has 1 N–H and O–H groups in total. The number of aromatic nitrogens is 2. The Morgan fingerprint density at radius 2 is 1.90 bits per heavy atom. The molecule has 1 heterocycles. The van der Waals surface area contributed by atoms with Crippen LogP contribution in [0, 0.1) is 13.8 Å². The monoisotopic (exact) mass is 292 g/mol. The van der Waals surface area contributed by atoms with Crippen LogP contribution in [0.2, 0.25) is 5.02 Å². The molecule has 0 aliphatic heterocycles. The standard InChI is InChI=1S/C16H21ClN2O/c1-4-19-15(16(17)12(3)18-19)9-14(10-20)13-7-5-11(2)6-8-13/h5-8,14,20H,4,9-10H2,1-3H3. The summed E-state index contributed by atoms with van der Waals surface area (Å²) in [5.74, 6) is 0.0505. The topological polar surface area (TPSA) is 38.0 Å². The molecule has 1 atom stereocenters. The summed E-state index contributed by atoms with van der Waals surface area (Å²) in [7, 11) is 0. The van der Waals surface area contributed by atoms with Crippen LogP contribution in [-0.2, 0) is 13.0 Å². The van der Waals surface area contributed by atoms with Crippen molar-refractivity contribution in [3.8, 4) is 0 Å². The largest absolute Gasteiger partial charge is 0.396 e. The smallest absolute Gasteiger partial charge is 0.0847 e. The Balaban J connectivity index is 2.28. The van der Waals surface area contributed by atoms with Gasteiger partial charge in [0.15, 0.2) is 0 Å². The second-order valence-electron chi connectivity index (χ2n) is 5.16. The number of halogens is 1. The lowest BCUT2D eigenvalue weighted by Crippen LogP contribution is -2.12. The predicted octanol–water partition coefficient (Wildman–Crippen LogP) is 3.49. The maximum Gasteiger partial charge on any atom is 0.0847 e. The van der Waals surface area contributed by atoms with Crippen LogP contribution >= 0.6 is 11.6 Å². The normalized spacial score (nSPS) is 12.7. The molecule has 0 amide bonds. The summed E-state index contributed by atoms with van der Waals surface area (Å²) in [6, 6.07) is 8.29. The van der Waals surface area contributed by atoms with Crippen LogP contribution in [-0.4, -0.2) is 21.5 Å². The van der Waals surface area contributed by atoms with Crippen molar-refractivity contribution >= 4 is 11.6 Å². The molecule has 0 aliphatic carbocycles. The van der Waals surface area contributed by atoms with Gasteiger partial charge in [0, 0.05) is 12.5 Å². The Bertz CT molecular complexity index is 575. The Kier molecular flexibility index (Phi) is 4.84. The van der Waals surface area contributed by atoms with Crippen LogP contribution in [0.1, 0.15) is 35.4 Å². The maximum atomic E-state index is 9.70. The van der Waals surface area contributed by atoms with Gasteiger partial charge in [0.1, 0.15) is 0 Å². The predicted molar refractivity (Wildman–Crippen MR) is 82.4 cm³/mol. The molecule has 2 aromatic rings. The van der Waals surface area contributed by atoms with Gasteiger partial charge < -0.3 is 5.11 Å². The summed E-state index contributed by atoms with van der Waals surface area (Å²) in [5.41, 5.74) is 4.21. The zero-order chi connectivity index (χ0) is 14.7. The van der Waals surface area contributed by atoms with E-state index in [-0.39, 0.29) is 12.5 Å². The number of nitrogens with zero attached hydrogens (tertiary/aromatic N) is 2. The first kappa shape index (κ1) is 15.1. The fraction of sp³-hybridized carbons (Fsp3) is 0.438. The van der Waals surface area contributed by atoms with Gasteiger partial charge in [-0.15, -0.1) is 0 Å². The van der Waals surface area contributed by atoms with E-state index in [1.807, 2.05) is 18.5 Å². The molecule has 0 aliphatic rings. The third kappa shape index (κ3) is 3.05. The summed E-state index contributed by atoms with van der Waals surface area (Å²) in [4.78, 5) is 0. The number of aliphatic hydroxyl groups is 1. The highest BCUT2D eigenvalue weighted by molar-refractivity contribution is 6.31. The molecule has 1 aromatic heterocycles. The molecule has 3 nitrogen and oxygen atoms in total. The van der Waals surface area contributed by atoms with E-state index in [0.29, 0.717) is 6.42 Å². The first-order valence-electron chi connectivity index (χ1n) is 6.96. The van der Waals surface area contributed by atoms with Crippen molar-refractivity contribution in [3.05, 3.63) is 51.8 Å². The highest BCUT2D eigenvalue weighted by Crippen LogP contribution is 2.27. The fourth-order valence-corrected chi connectivity index (χ4v) is 2.64. The van der Waals surface area contributed by atoms with E-state index in [4.69, 9.17) is 11.6 Å². The first-order chi connectivity index (χ1) is 9.56. The molecule has 4 heteroatoms. The van der Waals surface area contributed by atoms with E-state index in [9.17, 15) is 5.11 Å². The van der Waals surface area contributed by atoms with Crippen molar-refractivity contribution in [2.24, 2.45) is 0 Å². The van der Waals surface area contributed by atoms with Gasteiger partial charge in [-0.1, -0.05) is 41.4 Å². The Labute approximate surface area is 125 Å². The van der Waals surface area contributed by atoms with Crippen LogP contribution in [0.15, 0.2) is 24.3 Å². The van der Waals surface area contributed by atoms with Crippen molar-refractivity contribution < 1.29 is 5.11 Å². The van der Waals surface area contributed by atoms with Gasteiger partial charge in [-0.05, 0) is 32.8 Å². The third-order valence-electron chi connectivity index (χ3n) is 3.66. The lowest BCUT2D eigenvalue weighted by atomic mass is 9.94. The second kappa shape index (κ2) is 6.42. The van der Waals surface area contributed by atoms with Gasteiger partial charge in [0.05, 0.1) is 23.0 Å². The molecule has 0 radical (unpaired) electrons. The highest BCUT2D eigenvalue weighted by Gasteiger charge is 2.18. The summed E-state index contributed by atoms with van der Waals surface area (Å²) >= 11 is 6.34. The van der Waals surface area contributed by atoms with E-state index >= 15 is 0 Å². The van der Waals surface area contributed by atoms with Crippen molar-refractivity contribution in [3.63, 3.8) is 0 Å². The van der Waals surface area contributed by atoms with Gasteiger partial charge in [-0.2, -0.15) is 5.10 Å².